The lowest BCUT2D eigenvalue weighted by atomic mass is 9.89. The van der Waals surface area contributed by atoms with Gasteiger partial charge in [0.05, 0.1) is 11.3 Å². The van der Waals surface area contributed by atoms with E-state index in [4.69, 9.17) is 5.11 Å². The molecule has 19 heavy (non-hydrogen) atoms. The van der Waals surface area contributed by atoms with Gasteiger partial charge in [-0.3, -0.25) is 9.48 Å². The zero-order valence-electron chi connectivity index (χ0n) is 12.5. The van der Waals surface area contributed by atoms with Gasteiger partial charge in [-0.25, -0.2) is 0 Å². The Morgan fingerprint density at radius 1 is 1.53 bits per heavy atom. The summed E-state index contributed by atoms with van der Waals surface area (Å²) in [5, 5.41) is 16.1. The van der Waals surface area contributed by atoms with Crippen molar-refractivity contribution < 1.29 is 9.90 Å². The molecule has 0 aliphatic rings. The monoisotopic (exact) mass is 267 g/mol. The summed E-state index contributed by atoms with van der Waals surface area (Å²) in [6.07, 6.45) is 2.45. The molecule has 1 heterocycles. The Morgan fingerprint density at radius 2 is 2.16 bits per heavy atom. The lowest BCUT2D eigenvalue weighted by Gasteiger charge is -2.17. The molecule has 108 valence electrons. The molecule has 5 nitrogen and oxygen atoms in total. The van der Waals surface area contributed by atoms with Crippen LogP contribution in [0.2, 0.25) is 0 Å². The summed E-state index contributed by atoms with van der Waals surface area (Å²) < 4.78 is 1.67. The van der Waals surface area contributed by atoms with E-state index in [1.165, 1.54) is 0 Å². The fourth-order valence-corrected chi connectivity index (χ4v) is 1.89. The molecule has 0 aromatic carbocycles. The second kappa shape index (κ2) is 6.19. The summed E-state index contributed by atoms with van der Waals surface area (Å²) in [4.78, 5) is 12.2. The minimum Gasteiger partial charge on any atom is -0.396 e. The topological polar surface area (TPSA) is 67.2 Å². The first-order chi connectivity index (χ1) is 8.75. The largest absolute Gasteiger partial charge is 0.396 e. The average Bonchev–Trinajstić information content (AvgIpc) is 2.68. The van der Waals surface area contributed by atoms with Crippen LogP contribution in [0.4, 0.5) is 0 Å². The summed E-state index contributed by atoms with van der Waals surface area (Å²) >= 11 is 0. The first-order valence-electron chi connectivity index (χ1n) is 6.69. The van der Waals surface area contributed by atoms with E-state index in [0.29, 0.717) is 18.5 Å². The van der Waals surface area contributed by atoms with Gasteiger partial charge < -0.3 is 10.4 Å². The van der Waals surface area contributed by atoms with Crippen molar-refractivity contribution in [2.45, 2.75) is 39.5 Å². The van der Waals surface area contributed by atoms with Crippen molar-refractivity contribution in [3.8, 4) is 0 Å². The van der Waals surface area contributed by atoms with Crippen molar-refractivity contribution in [2.75, 3.05) is 13.2 Å². The van der Waals surface area contributed by atoms with Gasteiger partial charge in [0.2, 0.25) is 0 Å². The number of hydrogen-bond donors (Lipinski definition) is 2. The van der Waals surface area contributed by atoms with Gasteiger partial charge >= 0.3 is 0 Å². The van der Waals surface area contributed by atoms with Crippen LogP contribution in [-0.2, 0) is 12.5 Å². The van der Waals surface area contributed by atoms with E-state index >= 15 is 0 Å². The minimum atomic E-state index is -0.162. The Hall–Kier alpha value is -1.36. The van der Waals surface area contributed by atoms with Gasteiger partial charge in [-0.2, -0.15) is 5.10 Å². The number of aliphatic hydroxyl groups excluding tert-OH is 1. The number of aliphatic hydroxyl groups is 1. The fraction of sp³-hybridized carbons (Fsp3) is 0.714. The van der Waals surface area contributed by atoms with Crippen LogP contribution in [0.5, 0.6) is 0 Å². The smallest absolute Gasteiger partial charge is 0.254 e. The Balaban J connectivity index is 2.77. The highest BCUT2D eigenvalue weighted by Crippen LogP contribution is 2.24. The molecule has 2 N–H and O–H groups in total. The quantitative estimate of drug-likeness (QED) is 0.849. The van der Waals surface area contributed by atoms with Gasteiger partial charge in [0.25, 0.3) is 5.91 Å². The molecule has 0 fully saturated rings. The zero-order chi connectivity index (χ0) is 14.6. The third-order valence-electron chi connectivity index (χ3n) is 3.02. The highest BCUT2D eigenvalue weighted by atomic mass is 16.3. The number of rotatable bonds is 5. The number of aromatic nitrogens is 2. The van der Waals surface area contributed by atoms with Crippen molar-refractivity contribution in [1.29, 1.82) is 0 Å². The van der Waals surface area contributed by atoms with Gasteiger partial charge in [-0.1, -0.05) is 27.7 Å². The number of carbonyl (C=O) groups is 1. The zero-order valence-corrected chi connectivity index (χ0v) is 12.5. The van der Waals surface area contributed by atoms with Gasteiger partial charge in [0.15, 0.2) is 0 Å². The molecule has 1 aromatic rings. The van der Waals surface area contributed by atoms with E-state index in [1.54, 1.807) is 10.9 Å². The second-order valence-electron chi connectivity index (χ2n) is 6.14. The van der Waals surface area contributed by atoms with Crippen LogP contribution in [0.25, 0.3) is 0 Å². The molecule has 1 amide bonds. The molecular weight excluding hydrogens is 242 g/mol. The minimum absolute atomic E-state index is 0.0946. The number of carbonyl (C=O) groups excluding carboxylic acids is 1. The van der Waals surface area contributed by atoms with Crippen LogP contribution < -0.4 is 5.32 Å². The summed E-state index contributed by atoms with van der Waals surface area (Å²) in [7, 11) is 1.82. The molecule has 0 aliphatic heterocycles. The van der Waals surface area contributed by atoms with E-state index in [2.05, 4.69) is 10.4 Å². The third kappa shape index (κ3) is 4.35. The van der Waals surface area contributed by atoms with Crippen molar-refractivity contribution in [2.24, 2.45) is 13.0 Å². The van der Waals surface area contributed by atoms with Crippen LogP contribution in [0.1, 0.15) is 50.2 Å². The lowest BCUT2D eigenvalue weighted by Crippen LogP contribution is -2.30. The molecule has 1 rings (SSSR count). The van der Waals surface area contributed by atoms with Crippen molar-refractivity contribution in [3.05, 3.63) is 17.5 Å². The first kappa shape index (κ1) is 15.7. The molecule has 1 aromatic heterocycles. The van der Waals surface area contributed by atoms with Crippen molar-refractivity contribution in [3.63, 3.8) is 0 Å². The summed E-state index contributed by atoms with van der Waals surface area (Å²) in [6.45, 7) is 8.85. The maximum Gasteiger partial charge on any atom is 0.254 e. The van der Waals surface area contributed by atoms with Crippen LogP contribution >= 0.6 is 0 Å². The van der Waals surface area contributed by atoms with Crippen LogP contribution in [0, 0.1) is 5.92 Å². The summed E-state index contributed by atoms with van der Waals surface area (Å²) in [5.41, 5.74) is 1.28. The van der Waals surface area contributed by atoms with Gasteiger partial charge in [0, 0.05) is 31.8 Å². The van der Waals surface area contributed by atoms with E-state index in [0.717, 1.165) is 5.69 Å². The van der Waals surface area contributed by atoms with Gasteiger partial charge in [-0.15, -0.1) is 0 Å². The molecule has 0 bridgehead atoms. The molecule has 1 unspecified atom stereocenters. The van der Waals surface area contributed by atoms with E-state index < -0.39 is 0 Å². The van der Waals surface area contributed by atoms with Crippen LogP contribution in [0.15, 0.2) is 6.20 Å². The van der Waals surface area contributed by atoms with Crippen LogP contribution in [0.3, 0.4) is 0 Å². The predicted molar refractivity (Wildman–Crippen MR) is 75.1 cm³/mol. The Kier molecular flexibility index (Phi) is 5.11. The Bertz CT molecular complexity index is 432. The van der Waals surface area contributed by atoms with E-state index in [1.807, 2.05) is 34.7 Å². The van der Waals surface area contributed by atoms with Crippen LogP contribution in [-0.4, -0.2) is 33.9 Å². The van der Waals surface area contributed by atoms with Gasteiger partial charge in [0.1, 0.15) is 0 Å². The number of nitrogens with zero attached hydrogens (tertiary/aromatic N) is 2. The van der Waals surface area contributed by atoms with Gasteiger partial charge in [-0.05, 0) is 12.3 Å². The molecular formula is C14H25N3O2. The normalized spacial score (nSPS) is 13.4. The predicted octanol–water partition coefficient (Wildman–Crippen LogP) is 1.47. The van der Waals surface area contributed by atoms with Crippen molar-refractivity contribution >= 4 is 5.91 Å². The molecule has 0 aliphatic carbocycles. The third-order valence-corrected chi connectivity index (χ3v) is 3.02. The highest BCUT2D eigenvalue weighted by Gasteiger charge is 2.25. The van der Waals surface area contributed by atoms with Crippen molar-refractivity contribution in [1.82, 2.24) is 15.1 Å². The number of aryl methyl sites for hydroxylation is 1. The summed E-state index contributed by atoms with van der Waals surface area (Å²) in [6, 6.07) is 0. The fourth-order valence-electron chi connectivity index (χ4n) is 1.89. The molecule has 0 spiro atoms. The average molecular weight is 267 g/mol. The second-order valence-corrected chi connectivity index (χ2v) is 6.14. The first-order valence-corrected chi connectivity index (χ1v) is 6.69. The Morgan fingerprint density at radius 3 is 2.68 bits per heavy atom. The molecule has 0 saturated heterocycles. The Labute approximate surface area is 115 Å². The SMILES string of the molecule is CC(CCO)CNC(=O)c1cn(C)nc1C(C)(C)C. The number of hydrogen-bond acceptors (Lipinski definition) is 3. The van der Waals surface area contributed by atoms with E-state index in [-0.39, 0.29) is 23.8 Å². The maximum atomic E-state index is 12.2. The number of nitrogens with one attached hydrogen (secondary N) is 1. The molecule has 0 radical (unpaired) electrons. The molecule has 5 heteroatoms. The lowest BCUT2D eigenvalue weighted by molar-refractivity contribution is 0.0943. The van der Waals surface area contributed by atoms with E-state index in [9.17, 15) is 4.79 Å². The number of amides is 1. The molecule has 0 saturated carbocycles. The summed E-state index contributed by atoms with van der Waals surface area (Å²) in [5.74, 6) is 0.173. The maximum absolute atomic E-state index is 12.2. The standard InChI is InChI=1S/C14H25N3O2/c1-10(6-7-18)8-15-13(19)11-9-17(5)16-12(11)14(2,3)4/h9-10,18H,6-8H2,1-5H3,(H,15,19). The molecule has 1 atom stereocenters. The highest BCUT2D eigenvalue weighted by molar-refractivity contribution is 5.95.